The first kappa shape index (κ1) is 9.04. The average Bonchev–Trinajstić information content (AvgIpc) is 2.83. The van der Waals surface area contributed by atoms with Crippen molar-refractivity contribution in [1.29, 1.82) is 5.41 Å². The molecule has 1 N–H and O–H groups in total. The number of rotatable bonds is 3. The molecule has 2 aliphatic rings. The molecule has 0 radical (unpaired) electrons. The predicted molar refractivity (Wildman–Crippen MR) is 55.1 cm³/mol. The van der Waals surface area contributed by atoms with Gasteiger partial charge in [0, 0.05) is 19.5 Å². The van der Waals surface area contributed by atoms with E-state index in [-0.39, 0.29) is 0 Å². The molecule has 0 atom stereocenters. The first-order valence-electron chi connectivity index (χ1n) is 5.52. The Morgan fingerprint density at radius 2 is 2.15 bits per heavy atom. The van der Waals surface area contributed by atoms with Crippen LogP contribution >= 0.6 is 0 Å². The lowest BCUT2D eigenvalue weighted by Gasteiger charge is -2.30. The van der Waals surface area contributed by atoms with Crippen LogP contribution in [0.15, 0.2) is 0 Å². The van der Waals surface area contributed by atoms with Gasteiger partial charge in [-0.25, -0.2) is 0 Å². The number of nitrogens with one attached hydrogen (secondary N) is 1. The summed E-state index contributed by atoms with van der Waals surface area (Å²) in [5.41, 5.74) is 0.651. The van der Waals surface area contributed by atoms with Gasteiger partial charge in [-0.2, -0.15) is 0 Å². The molecule has 74 valence electrons. The fraction of sp³-hybridized carbons (Fsp3) is 0.909. The van der Waals surface area contributed by atoms with Crippen molar-refractivity contribution >= 4 is 5.84 Å². The molecule has 1 aliphatic carbocycles. The SMILES string of the molecule is CC1(CCN2CCCCC2=N)CC1. The molecule has 2 nitrogen and oxygen atoms in total. The summed E-state index contributed by atoms with van der Waals surface area (Å²) in [6, 6.07) is 0. The minimum absolute atomic E-state index is 0.651. The molecule has 0 spiro atoms. The lowest BCUT2D eigenvalue weighted by molar-refractivity contribution is 0.329. The first-order chi connectivity index (χ1) is 6.20. The van der Waals surface area contributed by atoms with Gasteiger partial charge in [-0.15, -0.1) is 0 Å². The van der Waals surface area contributed by atoms with Crippen LogP contribution in [0.1, 0.15) is 45.4 Å². The third-order valence-corrected chi connectivity index (χ3v) is 3.56. The Balaban J connectivity index is 1.76. The van der Waals surface area contributed by atoms with Crippen LogP contribution in [0.25, 0.3) is 0 Å². The van der Waals surface area contributed by atoms with E-state index in [1.807, 2.05) is 0 Å². The summed E-state index contributed by atoms with van der Waals surface area (Å²) in [5, 5.41) is 7.80. The molecule has 2 fully saturated rings. The lowest BCUT2D eigenvalue weighted by atomic mass is 10.0. The number of nitrogens with zero attached hydrogens (tertiary/aromatic N) is 1. The molecule has 0 aromatic carbocycles. The summed E-state index contributed by atoms with van der Waals surface area (Å²) < 4.78 is 0. The highest BCUT2D eigenvalue weighted by Crippen LogP contribution is 2.48. The maximum absolute atomic E-state index is 7.80. The number of amidine groups is 1. The van der Waals surface area contributed by atoms with Crippen molar-refractivity contribution in [2.45, 2.75) is 45.4 Å². The number of piperidine rings is 1. The third-order valence-electron chi connectivity index (χ3n) is 3.56. The highest BCUT2D eigenvalue weighted by Gasteiger charge is 2.37. The van der Waals surface area contributed by atoms with E-state index in [9.17, 15) is 0 Å². The van der Waals surface area contributed by atoms with Crippen molar-refractivity contribution in [3.63, 3.8) is 0 Å². The van der Waals surface area contributed by atoms with Crippen molar-refractivity contribution in [1.82, 2.24) is 4.90 Å². The summed E-state index contributed by atoms with van der Waals surface area (Å²) in [4.78, 5) is 2.28. The average molecular weight is 180 g/mol. The summed E-state index contributed by atoms with van der Waals surface area (Å²) in [6.45, 7) is 4.64. The van der Waals surface area contributed by atoms with Gasteiger partial charge in [-0.1, -0.05) is 6.92 Å². The Hall–Kier alpha value is -0.530. The molecular weight excluding hydrogens is 160 g/mol. The Labute approximate surface area is 80.8 Å². The molecule has 1 heterocycles. The monoisotopic (exact) mass is 180 g/mol. The molecule has 0 bridgehead atoms. The highest BCUT2D eigenvalue weighted by molar-refractivity contribution is 5.79. The first-order valence-corrected chi connectivity index (χ1v) is 5.52. The summed E-state index contributed by atoms with van der Waals surface area (Å²) in [5.74, 6) is 0.885. The van der Waals surface area contributed by atoms with Gasteiger partial charge in [0.2, 0.25) is 0 Å². The van der Waals surface area contributed by atoms with Crippen molar-refractivity contribution in [3.05, 3.63) is 0 Å². The van der Waals surface area contributed by atoms with Gasteiger partial charge in [-0.05, 0) is 37.5 Å². The quantitative estimate of drug-likeness (QED) is 0.710. The Bertz CT molecular complexity index is 206. The predicted octanol–water partition coefficient (Wildman–Crippen LogP) is 2.64. The van der Waals surface area contributed by atoms with E-state index in [1.54, 1.807) is 0 Å². The van der Waals surface area contributed by atoms with E-state index in [2.05, 4.69) is 11.8 Å². The van der Waals surface area contributed by atoms with Crippen molar-refractivity contribution < 1.29 is 0 Å². The summed E-state index contributed by atoms with van der Waals surface area (Å²) >= 11 is 0. The molecular formula is C11H20N2. The van der Waals surface area contributed by atoms with E-state index >= 15 is 0 Å². The largest absolute Gasteiger partial charge is 0.361 e. The van der Waals surface area contributed by atoms with Crippen molar-refractivity contribution in [2.24, 2.45) is 5.41 Å². The van der Waals surface area contributed by atoms with Gasteiger partial charge in [0.05, 0.1) is 5.84 Å². The van der Waals surface area contributed by atoms with E-state index in [0.717, 1.165) is 25.3 Å². The second-order valence-corrected chi connectivity index (χ2v) is 4.95. The van der Waals surface area contributed by atoms with E-state index in [0.29, 0.717) is 5.41 Å². The van der Waals surface area contributed by atoms with Crippen LogP contribution in [0.2, 0.25) is 0 Å². The normalized spacial score (nSPS) is 26.2. The molecule has 2 heteroatoms. The minimum Gasteiger partial charge on any atom is -0.361 e. The number of likely N-dealkylation sites (tertiary alicyclic amines) is 1. The van der Waals surface area contributed by atoms with Crippen molar-refractivity contribution in [3.8, 4) is 0 Å². The van der Waals surface area contributed by atoms with Crippen LogP contribution in [-0.4, -0.2) is 23.8 Å². The molecule has 1 saturated heterocycles. The molecule has 0 aromatic heterocycles. The van der Waals surface area contributed by atoms with E-state index < -0.39 is 0 Å². The van der Waals surface area contributed by atoms with Gasteiger partial charge in [0.1, 0.15) is 0 Å². The minimum atomic E-state index is 0.651. The molecule has 1 saturated carbocycles. The Morgan fingerprint density at radius 3 is 2.77 bits per heavy atom. The summed E-state index contributed by atoms with van der Waals surface area (Å²) in [6.07, 6.45) is 7.65. The molecule has 0 aromatic rings. The standard InChI is InChI=1S/C11H20N2/c1-11(5-6-11)7-9-13-8-3-2-4-10(13)12/h12H,2-9H2,1H3. The van der Waals surface area contributed by atoms with Crippen LogP contribution in [0.4, 0.5) is 0 Å². The van der Waals surface area contributed by atoms with Gasteiger partial charge in [0.15, 0.2) is 0 Å². The van der Waals surface area contributed by atoms with Crippen LogP contribution in [-0.2, 0) is 0 Å². The second kappa shape index (κ2) is 3.32. The smallest absolute Gasteiger partial charge is 0.0957 e. The lowest BCUT2D eigenvalue weighted by Crippen LogP contribution is -2.36. The molecule has 0 unspecified atom stereocenters. The van der Waals surface area contributed by atoms with Crippen LogP contribution in [0, 0.1) is 10.8 Å². The van der Waals surface area contributed by atoms with Gasteiger partial charge in [-0.3, -0.25) is 5.41 Å². The van der Waals surface area contributed by atoms with E-state index in [4.69, 9.17) is 5.41 Å². The van der Waals surface area contributed by atoms with Crippen molar-refractivity contribution in [2.75, 3.05) is 13.1 Å². The zero-order chi connectivity index (χ0) is 9.31. The zero-order valence-corrected chi connectivity index (χ0v) is 8.60. The van der Waals surface area contributed by atoms with Gasteiger partial charge in [0.25, 0.3) is 0 Å². The van der Waals surface area contributed by atoms with Crippen LogP contribution in [0.3, 0.4) is 0 Å². The maximum Gasteiger partial charge on any atom is 0.0957 e. The third kappa shape index (κ3) is 2.23. The highest BCUT2D eigenvalue weighted by atomic mass is 15.2. The van der Waals surface area contributed by atoms with E-state index in [1.165, 1.54) is 32.1 Å². The molecule has 0 amide bonds. The topological polar surface area (TPSA) is 27.1 Å². The number of hydrogen-bond acceptors (Lipinski definition) is 1. The molecule has 2 rings (SSSR count). The molecule has 13 heavy (non-hydrogen) atoms. The summed E-state index contributed by atoms with van der Waals surface area (Å²) in [7, 11) is 0. The Kier molecular flexibility index (Phi) is 2.31. The second-order valence-electron chi connectivity index (χ2n) is 4.95. The fourth-order valence-electron chi connectivity index (χ4n) is 2.00. The van der Waals surface area contributed by atoms with Gasteiger partial charge >= 0.3 is 0 Å². The van der Waals surface area contributed by atoms with Gasteiger partial charge < -0.3 is 4.90 Å². The van der Waals surface area contributed by atoms with Crippen LogP contribution < -0.4 is 0 Å². The maximum atomic E-state index is 7.80. The Morgan fingerprint density at radius 1 is 1.38 bits per heavy atom. The molecule has 1 aliphatic heterocycles. The van der Waals surface area contributed by atoms with Crippen LogP contribution in [0.5, 0.6) is 0 Å². The number of hydrogen-bond donors (Lipinski definition) is 1. The fourth-order valence-corrected chi connectivity index (χ4v) is 2.00. The zero-order valence-electron chi connectivity index (χ0n) is 8.60.